The second-order valence-electron chi connectivity index (χ2n) is 2.36. The van der Waals surface area contributed by atoms with Crippen molar-refractivity contribution in [3.63, 3.8) is 0 Å². The van der Waals surface area contributed by atoms with Crippen LogP contribution < -0.4 is 10.9 Å². The molecule has 0 amide bonds. The quantitative estimate of drug-likeness (QED) is 0.327. The SMILES string of the molecule is CSC(=N)N(N)c1ccc(Cl)cc1. The number of halogens is 1. The molecule has 0 bridgehead atoms. The first-order valence-corrected chi connectivity index (χ1v) is 5.18. The third-order valence-electron chi connectivity index (χ3n) is 1.52. The van der Waals surface area contributed by atoms with Crippen molar-refractivity contribution in [2.45, 2.75) is 0 Å². The molecule has 0 radical (unpaired) electrons. The Morgan fingerprint density at radius 1 is 1.46 bits per heavy atom. The van der Waals surface area contributed by atoms with E-state index in [2.05, 4.69) is 0 Å². The van der Waals surface area contributed by atoms with Crippen LogP contribution in [-0.4, -0.2) is 11.4 Å². The van der Waals surface area contributed by atoms with Gasteiger partial charge in [0.2, 0.25) is 0 Å². The summed E-state index contributed by atoms with van der Waals surface area (Å²) in [6, 6.07) is 7.02. The molecular weight excluding hydrogens is 206 g/mol. The molecule has 1 aromatic rings. The summed E-state index contributed by atoms with van der Waals surface area (Å²) in [5.41, 5.74) is 0.753. The molecule has 1 aromatic carbocycles. The monoisotopic (exact) mass is 215 g/mol. The highest BCUT2D eigenvalue weighted by Crippen LogP contribution is 2.17. The van der Waals surface area contributed by atoms with Gasteiger partial charge < -0.3 is 0 Å². The van der Waals surface area contributed by atoms with Crippen LogP contribution in [0.4, 0.5) is 5.69 Å². The lowest BCUT2D eigenvalue weighted by Crippen LogP contribution is -2.34. The van der Waals surface area contributed by atoms with Gasteiger partial charge in [0.15, 0.2) is 5.17 Å². The van der Waals surface area contributed by atoms with Gasteiger partial charge in [0, 0.05) is 5.02 Å². The molecule has 0 aliphatic heterocycles. The first-order valence-electron chi connectivity index (χ1n) is 3.58. The summed E-state index contributed by atoms with van der Waals surface area (Å²) in [7, 11) is 0. The Bertz CT molecular complexity index is 299. The van der Waals surface area contributed by atoms with Crippen LogP contribution in [0.5, 0.6) is 0 Å². The predicted molar refractivity (Wildman–Crippen MR) is 59.4 cm³/mol. The van der Waals surface area contributed by atoms with Crippen LogP contribution in [-0.2, 0) is 0 Å². The average Bonchev–Trinajstić information content (AvgIpc) is 2.17. The molecule has 0 spiro atoms. The number of rotatable bonds is 1. The standard InChI is InChI=1S/C8H10ClN3S/c1-13-8(10)12(11)7-4-2-6(9)3-5-7/h2-5,10H,11H2,1H3. The van der Waals surface area contributed by atoms with Crippen molar-refractivity contribution in [1.29, 1.82) is 5.41 Å². The summed E-state index contributed by atoms with van der Waals surface area (Å²) in [5.74, 6) is 5.64. The molecule has 0 aromatic heterocycles. The third-order valence-corrected chi connectivity index (χ3v) is 2.35. The van der Waals surface area contributed by atoms with Crippen molar-refractivity contribution in [3.05, 3.63) is 29.3 Å². The minimum absolute atomic E-state index is 0.294. The van der Waals surface area contributed by atoms with Gasteiger partial charge in [-0.2, -0.15) is 0 Å². The number of benzene rings is 1. The fourth-order valence-corrected chi connectivity index (χ4v) is 1.25. The summed E-state index contributed by atoms with van der Waals surface area (Å²) >= 11 is 6.99. The van der Waals surface area contributed by atoms with Crippen LogP contribution in [0.1, 0.15) is 0 Å². The lowest BCUT2D eigenvalue weighted by Gasteiger charge is -2.17. The number of hydrogen-bond donors (Lipinski definition) is 2. The second kappa shape index (κ2) is 4.50. The van der Waals surface area contributed by atoms with Crippen molar-refractivity contribution >= 4 is 34.2 Å². The van der Waals surface area contributed by atoms with E-state index in [4.69, 9.17) is 22.9 Å². The van der Waals surface area contributed by atoms with Crippen LogP contribution in [0.3, 0.4) is 0 Å². The molecule has 0 saturated heterocycles. The number of hydrazine groups is 1. The van der Waals surface area contributed by atoms with Gasteiger partial charge in [-0.1, -0.05) is 23.4 Å². The van der Waals surface area contributed by atoms with Gasteiger partial charge in [0.25, 0.3) is 0 Å². The summed E-state index contributed by atoms with van der Waals surface area (Å²) < 4.78 is 0. The van der Waals surface area contributed by atoms with Crippen molar-refractivity contribution in [3.8, 4) is 0 Å². The Morgan fingerprint density at radius 2 is 2.00 bits per heavy atom. The van der Waals surface area contributed by atoms with E-state index in [-0.39, 0.29) is 0 Å². The van der Waals surface area contributed by atoms with Crippen molar-refractivity contribution in [2.75, 3.05) is 11.3 Å². The van der Waals surface area contributed by atoms with E-state index in [9.17, 15) is 0 Å². The highest BCUT2D eigenvalue weighted by Gasteiger charge is 2.05. The van der Waals surface area contributed by atoms with Crippen molar-refractivity contribution in [1.82, 2.24) is 0 Å². The van der Waals surface area contributed by atoms with Gasteiger partial charge in [-0.25, -0.2) is 5.84 Å². The van der Waals surface area contributed by atoms with E-state index in [1.54, 1.807) is 30.5 Å². The molecule has 0 atom stereocenters. The molecule has 1 rings (SSSR count). The summed E-state index contributed by atoms with van der Waals surface area (Å²) in [4.78, 5) is 0. The predicted octanol–water partition coefficient (Wildman–Crippen LogP) is 2.32. The van der Waals surface area contributed by atoms with Crippen molar-refractivity contribution in [2.24, 2.45) is 5.84 Å². The molecular formula is C8H10ClN3S. The Hall–Kier alpha value is -0.710. The molecule has 13 heavy (non-hydrogen) atoms. The Kier molecular flexibility index (Phi) is 3.59. The number of amidine groups is 1. The second-order valence-corrected chi connectivity index (χ2v) is 3.59. The number of thioether (sulfide) groups is 1. The zero-order chi connectivity index (χ0) is 9.84. The minimum Gasteiger partial charge on any atom is -0.277 e. The van der Waals surface area contributed by atoms with Crippen LogP contribution in [0.15, 0.2) is 24.3 Å². The zero-order valence-corrected chi connectivity index (χ0v) is 8.69. The Labute approximate surface area is 86.3 Å². The average molecular weight is 216 g/mol. The van der Waals surface area contributed by atoms with Crippen LogP contribution in [0, 0.1) is 5.41 Å². The van der Waals surface area contributed by atoms with E-state index in [0.29, 0.717) is 10.2 Å². The molecule has 0 aliphatic rings. The number of hydrogen-bond acceptors (Lipinski definition) is 3. The molecule has 70 valence electrons. The number of nitrogens with zero attached hydrogens (tertiary/aromatic N) is 1. The summed E-state index contributed by atoms with van der Waals surface area (Å²) in [6.45, 7) is 0. The first kappa shape index (κ1) is 10.4. The van der Waals surface area contributed by atoms with Crippen molar-refractivity contribution < 1.29 is 0 Å². The fourth-order valence-electron chi connectivity index (χ4n) is 0.817. The third kappa shape index (κ3) is 2.62. The number of anilines is 1. The lowest BCUT2D eigenvalue weighted by molar-refractivity contribution is 1.13. The van der Waals surface area contributed by atoms with E-state index in [0.717, 1.165) is 5.69 Å². The summed E-state index contributed by atoms with van der Waals surface area (Å²) in [6.07, 6.45) is 1.80. The Balaban J connectivity index is 2.83. The maximum atomic E-state index is 7.47. The van der Waals surface area contributed by atoms with Gasteiger partial charge in [0.1, 0.15) is 0 Å². The molecule has 0 saturated carbocycles. The van der Waals surface area contributed by atoms with E-state index in [1.165, 1.54) is 16.8 Å². The normalized spacial score (nSPS) is 9.77. The molecule has 0 aliphatic carbocycles. The smallest absolute Gasteiger partial charge is 0.175 e. The first-order chi connectivity index (χ1) is 6.15. The van der Waals surface area contributed by atoms with Crippen LogP contribution in [0.25, 0.3) is 0 Å². The van der Waals surface area contributed by atoms with E-state index < -0.39 is 0 Å². The molecule has 0 fully saturated rings. The van der Waals surface area contributed by atoms with Gasteiger partial charge in [-0.3, -0.25) is 10.4 Å². The van der Waals surface area contributed by atoms with Gasteiger partial charge in [0.05, 0.1) is 5.69 Å². The van der Waals surface area contributed by atoms with Crippen LogP contribution in [0.2, 0.25) is 5.02 Å². The molecule has 3 nitrogen and oxygen atoms in total. The topological polar surface area (TPSA) is 53.1 Å². The fraction of sp³-hybridized carbons (Fsp3) is 0.125. The highest BCUT2D eigenvalue weighted by atomic mass is 35.5. The Morgan fingerprint density at radius 3 is 2.46 bits per heavy atom. The van der Waals surface area contributed by atoms with E-state index >= 15 is 0 Å². The summed E-state index contributed by atoms with van der Waals surface area (Å²) in [5, 5.41) is 9.73. The highest BCUT2D eigenvalue weighted by molar-refractivity contribution is 8.13. The number of nitrogens with two attached hydrogens (primary N) is 1. The lowest BCUT2D eigenvalue weighted by atomic mass is 10.3. The maximum Gasteiger partial charge on any atom is 0.175 e. The minimum atomic E-state index is 0.294. The molecule has 0 unspecified atom stereocenters. The zero-order valence-electron chi connectivity index (χ0n) is 7.12. The van der Waals surface area contributed by atoms with Crippen LogP contribution >= 0.6 is 23.4 Å². The molecule has 0 heterocycles. The van der Waals surface area contributed by atoms with Gasteiger partial charge >= 0.3 is 0 Å². The van der Waals surface area contributed by atoms with E-state index in [1.807, 2.05) is 0 Å². The van der Waals surface area contributed by atoms with Gasteiger partial charge in [-0.05, 0) is 30.5 Å². The molecule has 3 N–H and O–H groups in total. The number of nitrogens with one attached hydrogen (secondary N) is 1. The maximum absolute atomic E-state index is 7.47. The molecule has 5 heteroatoms. The van der Waals surface area contributed by atoms with Gasteiger partial charge in [-0.15, -0.1) is 0 Å². The largest absolute Gasteiger partial charge is 0.277 e.